The molecule has 1 aliphatic carbocycles. The largest absolute Gasteiger partial charge is 0.462 e. The number of para-hydroxylation sites is 1. The van der Waals surface area contributed by atoms with E-state index in [4.69, 9.17) is 9.47 Å². The number of nitrogens with one attached hydrogen (secondary N) is 1. The molecule has 1 heterocycles. The van der Waals surface area contributed by atoms with Crippen molar-refractivity contribution in [3.8, 4) is 11.5 Å². The maximum absolute atomic E-state index is 13.0. The Hall–Kier alpha value is -3.34. The summed E-state index contributed by atoms with van der Waals surface area (Å²) in [7, 11) is 0. The lowest BCUT2D eigenvalue weighted by atomic mass is 9.75. The number of Topliss-reactive ketones (excluding diaryl/α,β-unsaturated/α-hetero) is 1. The number of dihydropyridines is 1. The van der Waals surface area contributed by atoms with Gasteiger partial charge in [0.1, 0.15) is 11.5 Å². The SMILES string of the molecule is CCCOC(=O)C1=C(C)NC2=C(C(=O)CCC2)[C@@H]1c1cccc(Oc2ccccc2)c1. The molecule has 0 radical (unpaired) electrons. The highest BCUT2D eigenvalue weighted by molar-refractivity contribution is 6.03. The average molecular weight is 418 g/mol. The van der Waals surface area contributed by atoms with Crippen LogP contribution in [-0.2, 0) is 14.3 Å². The van der Waals surface area contributed by atoms with Crippen molar-refractivity contribution in [1.82, 2.24) is 5.32 Å². The first-order valence-corrected chi connectivity index (χ1v) is 10.8. The van der Waals surface area contributed by atoms with Gasteiger partial charge in [0.25, 0.3) is 0 Å². The Labute approximate surface area is 182 Å². The van der Waals surface area contributed by atoms with Gasteiger partial charge in [-0.15, -0.1) is 0 Å². The summed E-state index contributed by atoms with van der Waals surface area (Å²) in [4.78, 5) is 26.0. The molecule has 0 fully saturated rings. The topological polar surface area (TPSA) is 64.6 Å². The van der Waals surface area contributed by atoms with Crippen molar-refractivity contribution >= 4 is 11.8 Å². The summed E-state index contributed by atoms with van der Waals surface area (Å²) in [5.41, 5.74) is 3.69. The number of hydrogen-bond acceptors (Lipinski definition) is 5. The van der Waals surface area contributed by atoms with Crippen molar-refractivity contribution in [1.29, 1.82) is 0 Å². The van der Waals surface area contributed by atoms with Crippen LogP contribution >= 0.6 is 0 Å². The summed E-state index contributed by atoms with van der Waals surface area (Å²) in [6, 6.07) is 17.2. The van der Waals surface area contributed by atoms with Crippen molar-refractivity contribution in [2.45, 2.75) is 45.4 Å². The third kappa shape index (κ3) is 4.41. The highest BCUT2D eigenvalue weighted by Gasteiger charge is 2.39. The number of ether oxygens (including phenoxy) is 2. The van der Waals surface area contributed by atoms with Crippen LogP contribution in [0.2, 0.25) is 0 Å². The number of carbonyl (C=O) groups excluding carboxylic acids is 2. The van der Waals surface area contributed by atoms with Crippen LogP contribution in [0.4, 0.5) is 0 Å². The van der Waals surface area contributed by atoms with Crippen molar-refractivity contribution in [2.75, 3.05) is 6.61 Å². The van der Waals surface area contributed by atoms with Crippen LogP contribution in [0.5, 0.6) is 11.5 Å². The van der Waals surface area contributed by atoms with Crippen LogP contribution in [-0.4, -0.2) is 18.4 Å². The number of benzene rings is 2. The monoisotopic (exact) mass is 417 g/mol. The quantitative estimate of drug-likeness (QED) is 0.638. The lowest BCUT2D eigenvalue weighted by Gasteiger charge is -2.34. The number of hydrogen-bond donors (Lipinski definition) is 1. The molecule has 31 heavy (non-hydrogen) atoms. The molecule has 160 valence electrons. The van der Waals surface area contributed by atoms with Crippen molar-refractivity contribution in [2.24, 2.45) is 0 Å². The predicted molar refractivity (Wildman–Crippen MR) is 119 cm³/mol. The molecule has 5 heteroatoms. The third-order valence-corrected chi connectivity index (χ3v) is 5.60. The van der Waals surface area contributed by atoms with E-state index in [0.29, 0.717) is 29.9 Å². The number of esters is 1. The standard InChI is InChI=1S/C26H27NO4/c1-3-15-30-26(29)23-17(2)27-21-13-8-14-22(28)25(21)24(23)18-9-7-12-20(16-18)31-19-10-5-4-6-11-19/h4-7,9-12,16,24,27H,3,8,13-15H2,1-2H3/t24-/m1/s1. The molecule has 0 saturated carbocycles. The summed E-state index contributed by atoms with van der Waals surface area (Å²) >= 11 is 0. The first-order chi connectivity index (χ1) is 15.1. The molecule has 0 bridgehead atoms. The van der Waals surface area contributed by atoms with Crippen LogP contribution in [0.3, 0.4) is 0 Å². The summed E-state index contributed by atoms with van der Waals surface area (Å²) in [5, 5.41) is 3.32. The van der Waals surface area contributed by atoms with Crippen LogP contribution in [0.15, 0.2) is 77.1 Å². The van der Waals surface area contributed by atoms with E-state index in [1.165, 1.54) is 0 Å². The Balaban J connectivity index is 1.76. The van der Waals surface area contributed by atoms with E-state index in [-0.39, 0.29) is 11.8 Å². The van der Waals surface area contributed by atoms with Gasteiger partial charge in [-0.05, 0) is 56.0 Å². The summed E-state index contributed by atoms with van der Waals surface area (Å²) in [6.07, 6.45) is 2.85. The second kappa shape index (κ2) is 9.21. The molecular weight excluding hydrogens is 390 g/mol. The van der Waals surface area contributed by atoms with E-state index in [9.17, 15) is 9.59 Å². The lowest BCUT2D eigenvalue weighted by molar-refractivity contribution is -0.139. The number of allylic oxidation sites excluding steroid dienone is 3. The minimum absolute atomic E-state index is 0.0847. The lowest BCUT2D eigenvalue weighted by Crippen LogP contribution is -2.34. The van der Waals surface area contributed by atoms with Crippen LogP contribution in [0.25, 0.3) is 0 Å². The van der Waals surface area contributed by atoms with E-state index in [1.54, 1.807) is 0 Å². The molecule has 1 N–H and O–H groups in total. The van der Waals surface area contributed by atoms with E-state index in [1.807, 2.05) is 68.4 Å². The van der Waals surface area contributed by atoms with Gasteiger partial charge < -0.3 is 14.8 Å². The Bertz CT molecular complexity index is 1050. The summed E-state index contributed by atoms with van der Waals surface area (Å²) in [5.74, 6) is 0.629. The van der Waals surface area contributed by atoms with Crippen molar-refractivity contribution in [3.05, 3.63) is 82.7 Å². The van der Waals surface area contributed by atoms with Gasteiger partial charge in [-0.3, -0.25) is 4.79 Å². The van der Waals surface area contributed by atoms with Crippen molar-refractivity contribution < 1.29 is 19.1 Å². The molecule has 0 aromatic heterocycles. The van der Waals surface area contributed by atoms with Gasteiger partial charge in [0.05, 0.1) is 12.2 Å². The molecule has 0 amide bonds. The highest BCUT2D eigenvalue weighted by atomic mass is 16.5. The molecule has 5 nitrogen and oxygen atoms in total. The molecule has 0 spiro atoms. The van der Waals surface area contributed by atoms with E-state index in [0.717, 1.165) is 42.0 Å². The second-order valence-electron chi connectivity index (χ2n) is 7.89. The van der Waals surface area contributed by atoms with Gasteiger partial charge in [0.2, 0.25) is 0 Å². The average Bonchev–Trinajstić information content (AvgIpc) is 2.77. The zero-order valence-corrected chi connectivity index (χ0v) is 17.9. The van der Waals surface area contributed by atoms with Crippen LogP contribution in [0.1, 0.15) is 51.0 Å². The normalized spacial score (nSPS) is 18.4. The van der Waals surface area contributed by atoms with Gasteiger partial charge in [-0.1, -0.05) is 37.3 Å². The van der Waals surface area contributed by atoms with Crippen molar-refractivity contribution in [3.63, 3.8) is 0 Å². The molecule has 0 saturated heterocycles. The first kappa shape index (κ1) is 20.9. The van der Waals surface area contributed by atoms with Gasteiger partial charge in [0.15, 0.2) is 5.78 Å². The molecule has 2 aliphatic rings. The number of rotatable bonds is 6. The maximum Gasteiger partial charge on any atom is 0.336 e. The Morgan fingerprint density at radius 2 is 1.84 bits per heavy atom. The fourth-order valence-corrected chi connectivity index (χ4v) is 4.24. The van der Waals surface area contributed by atoms with Gasteiger partial charge >= 0.3 is 5.97 Å². The molecule has 4 rings (SSSR count). The fraction of sp³-hybridized carbons (Fsp3) is 0.308. The van der Waals surface area contributed by atoms with Crippen LogP contribution < -0.4 is 10.1 Å². The smallest absolute Gasteiger partial charge is 0.336 e. The molecule has 0 unspecified atom stereocenters. The van der Waals surface area contributed by atoms with Gasteiger partial charge in [0, 0.05) is 29.3 Å². The minimum atomic E-state index is -0.465. The Morgan fingerprint density at radius 3 is 2.61 bits per heavy atom. The molecule has 1 aliphatic heterocycles. The zero-order chi connectivity index (χ0) is 21.8. The molecule has 2 aromatic rings. The van der Waals surface area contributed by atoms with Crippen LogP contribution in [0, 0.1) is 0 Å². The number of ketones is 1. The van der Waals surface area contributed by atoms with E-state index in [2.05, 4.69) is 5.32 Å². The first-order valence-electron chi connectivity index (χ1n) is 10.8. The summed E-state index contributed by atoms with van der Waals surface area (Å²) in [6.45, 7) is 4.18. The molecule has 2 aromatic carbocycles. The Morgan fingerprint density at radius 1 is 1.06 bits per heavy atom. The second-order valence-corrected chi connectivity index (χ2v) is 7.89. The maximum atomic E-state index is 13.0. The Kier molecular flexibility index (Phi) is 6.21. The van der Waals surface area contributed by atoms with Gasteiger partial charge in [-0.25, -0.2) is 4.79 Å². The van der Waals surface area contributed by atoms with Gasteiger partial charge in [-0.2, -0.15) is 0 Å². The molecular formula is C26H27NO4. The minimum Gasteiger partial charge on any atom is -0.462 e. The molecule has 1 atom stereocenters. The van der Waals surface area contributed by atoms with E-state index < -0.39 is 5.92 Å². The van der Waals surface area contributed by atoms with E-state index >= 15 is 0 Å². The highest BCUT2D eigenvalue weighted by Crippen LogP contribution is 2.43. The number of carbonyl (C=O) groups is 2. The summed E-state index contributed by atoms with van der Waals surface area (Å²) < 4.78 is 11.5. The third-order valence-electron chi connectivity index (χ3n) is 5.60. The zero-order valence-electron chi connectivity index (χ0n) is 17.9. The fourth-order valence-electron chi connectivity index (χ4n) is 4.24. The predicted octanol–water partition coefficient (Wildman–Crippen LogP) is 5.40.